The van der Waals surface area contributed by atoms with Crippen LogP contribution >= 0.6 is 11.8 Å². The van der Waals surface area contributed by atoms with Crippen molar-refractivity contribution in [2.75, 3.05) is 12.4 Å². The Bertz CT molecular complexity index is 329. The van der Waals surface area contributed by atoms with Gasteiger partial charge >= 0.3 is 5.51 Å². The van der Waals surface area contributed by atoms with Gasteiger partial charge in [-0.25, -0.2) is 0 Å². The lowest BCUT2D eigenvalue weighted by atomic mass is 10.1. The molecule has 0 aliphatic heterocycles. The Morgan fingerprint density at radius 2 is 1.75 bits per heavy atom. The zero-order chi connectivity index (χ0) is 12.2. The molecule has 0 saturated carbocycles. The topological polar surface area (TPSA) is 9.23 Å². The molecule has 5 heteroatoms. The first kappa shape index (κ1) is 13.2. The molecule has 1 rings (SSSR count). The standard InChI is InChI=1S/C11H13F3OS/c1-8-4-3-5-9(2)10(8)15-6-7-16-11(12,13)14/h3-5H,6-7H2,1-2H3. The molecule has 0 unspecified atom stereocenters. The van der Waals surface area contributed by atoms with Gasteiger partial charge in [-0.15, -0.1) is 0 Å². The fraction of sp³-hybridized carbons (Fsp3) is 0.455. The highest BCUT2D eigenvalue weighted by atomic mass is 32.2. The maximum atomic E-state index is 11.8. The second kappa shape index (κ2) is 5.48. The summed E-state index contributed by atoms with van der Waals surface area (Å²) in [6.45, 7) is 3.81. The highest BCUT2D eigenvalue weighted by Crippen LogP contribution is 2.30. The predicted octanol–water partition coefficient (Wildman–Crippen LogP) is 3.94. The van der Waals surface area contributed by atoms with Gasteiger partial charge in [0.1, 0.15) is 5.75 Å². The summed E-state index contributed by atoms with van der Waals surface area (Å²) in [7, 11) is 0. The molecular formula is C11H13F3OS. The molecule has 0 amide bonds. The summed E-state index contributed by atoms with van der Waals surface area (Å²) in [5.74, 6) is 0.599. The van der Waals surface area contributed by atoms with Crippen LogP contribution in [0.5, 0.6) is 5.75 Å². The summed E-state index contributed by atoms with van der Waals surface area (Å²) in [4.78, 5) is 0. The zero-order valence-electron chi connectivity index (χ0n) is 9.10. The number of halogens is 3. The van der Waals surface area contributed by atoms with Crippen LogP contribution in [0.15, 0.2) is 18.2 Å². The Morgan fingerprint density at radius 3 is 2.25 bits per heavy atom. The quantitative estimate of drug-likeness (QED) is 0.749. The smallest absolute Gasteiger partial charge is 0.441 e. The molecule has 0 atom stereocenters. The Balaban J connectivity index is 2.43. The van der Waals surface area contributed by atoms with Crippen LogP contribution in [0.1, 0.15) is 11.1 Å². The molecule has 0 aliphatic rings. The van der Waals surface area contributed by atoms with E-state index in [0.717, 1.165) is 11.1 Å². The van der Waals surface area contributed by atoms with Crippen LogP contribution in [0.3, 0.4) is 0 Å². The molecule has 1 nitrogen and oxygen atoms in total. The zero-order valence-corrected chi connectivity index (χ0v) is 9.91. The molecule has 0 N–H and O–H groups in total. The van der Waals surface area contributed by atoms with E-state index in [1.807, 2.05) is 32.0 Å². The van der Waals surface area contributed by atoms with Gasteiger partial charge in [0.2, 0.25) is 0 Å². The third-order valence-corrected chi connectivity index (χ3v) is 2.70. The minimum atomic E-state index is -4.18. The van der Waals surface area contributed by atoms with E-state index in [2.05, 4.69) is 0 Å². The Hall–Kier alpha value is -0.840. The molecule has 1 aromatic carbocycles. The normalized spacial score (nSPS) is 11.6. The lowest BCUT2D eigenvalue weighted by Crippen LogP contribution is -2.08. The van der Waals surface area contributed by atoms with Crippen LogP contribution in [-0.2, 0) is 0 Å². The van der Waals surface area contributed by atoms with E-state index in [1.54, 1.807) is 0 Å². The largest absolute Gasteiger partial charge is 0.492 e. The maximum absolute atomic E-state index is 11.8. The van der Waals surface area contributed by atoms with E-state index in [0.29, 0.717) is 5.75 Å². The van der Waals surface area contributed by atoms with Crippen molar-refractivity contribution in [1.82, 2.24) is 0 Å². The minimum Gasteiger partial charge on any atom is -0.492 e. The molecule has 0 heterocycles. The Kier molecular flexibility index (Phi) is 4.53. The highest BCUT2D eigenvalue weighted by molar-refractivity contribution is 8.00. The van der Waals surface area contributed by atoms with Gasteiger partial charge in [0, 0.05) is 5.75 Å². The third kappa shape index (κ3) is 4.35. The van der Waals surface area contributed by atoms with Crippen LogP contribution < -0.4 is 4.74 Å². The average molecular weight is 250 g/mol. The number of para-hydroxylation sites is 1. The molecule has 0 bridgehead atoms. The van der Waals surface area contributed by atoms with Gasteiger partial charge in [-0.1, -0.05) is 18.2 Å². The molecule has 16 heavy (non-hydrogen) atoms. The van der Waals surface area contributed by atoms with Gasteiger partial charge < -0.3 is 4.74 Å². The van der Waals surface area contributed by atoms with Gasteiger partial charge in [-0.05, 0) is 36.7 Å². The number of hydrogen-bond donors (Lipinski definition) is 0. The Labute approximate surface area is 97.0 Å². The average Bonchev–Trinajstić information content (AvgIpc) is 2.14. The summed E-state index contributed by atoms with van der Waals surface area (Å²) in [6.07, 6.45) is 0. The number of alkyl halides is 3. The summed E-state index contributed by atoms with van der Waals surface area (Å²) in [6, 6.07) is 5.64. The minimum absolute atomic E-state index is 0.0605. The second-order valence-electron chi connectivity index (χ2n) is 3.36. The summed E-state index contributed by atoms with van der Waals surface area (Å²) >= 11 is -0.0605. The first-order valence-electron chi connectivity index (χ1n) is 4.80. The van der Waals surface area contributed by atoms with Crippen molar-refractivity contribution in [3.05, 3.63) is 29.3 Å². The van der Waals surface area contributed by atoms with Crippen molar-refractivity contribution in [2.24, 2.45) is 0 Å². The number of aryl methyl sites for hydroxylation is 2. The van der Waals surface area contributed by atoms with Gasteiger partial charge in [0.25, 0.3) is 0 Å². The van der Waals surface area contributed by atoms with Crippen LogP contribution in [0.4, 0.5) is 13.2 Å². The van der Waals surface area contributed by atoms with Crippen molar-refractivity contribution in [3.8, 4) is 5.75 Å². The first-order chi connectivity index (χ1) is 7.40. The molecule has 0 spiro atoms. The lowest BCUT2D eigenvalue weighted by molar-refractivity contribution is -0.0329. The SMILES string of the molecule is Cc1cccc(C)c1OCCSC(F)(F)F. The van der Waals surface area contributed by atoms with Crippen LogP contribution in [0.25, 0.3) is 0 Å². The van der Waals surface area contributed by atoms with Gasteiger partial charge in [0.15, 0.2) is 0 Å². The summed E-state index contributed by atoms with van der Waals surface area (Å²) in [5, 5.41) is 0. The van der Waals surface area contributed by atoms with E-state index >= 15 is 0 Å². The monoisotopic (exact) mass is 250 g/mol. The van der Waals surface area contributed by atoms with Gasteiger partial charge in [-0.3, -0.25) is 0 Å². The number of ether oxygens (including phenoxy) is 1. The highest BCUT2D eigenvalue weighted by Gasteiger charge is 2.27. The lowest BCUT2D eigenvalue weighted by Gasteiger charge is -2.12. The number of rotatable bonds is 4. The van der Waals surface area contributed by atoms with Crippen LogP contribution in [0, 0.1) is 13.8 Å². The molecule has 0 aromatic heterocycles. The molecule has 0 saturated heterocycles. The van der Waals surface area contributed by atoms with E-state index < -0.39 is 5.51 Å². The second-order valence-corrected chi connectivity index (χ2v) is 4.52. The Morgan fingerprint density at radius 1 is 1.19 bits per heavy atom. The molecule has 0 fully saturated rings. The van der Waals surface area contributed by atoms with Crippen LogP contribution in [0.2, 0.25) is 0 Å². The molecule has 0 radical (unpaired) electrons. The number of hydrogen-bond acceptors (Lipinski definition) is 2. The van der Waals surface area contributed by atoms with Crippen molar-refractivity contribution in [1.29, 1.82) is 0 Å². The maximum Gasteiger partial charge on any atom is 0.441 e. The van der Waals surface area contributed by atoms with Gasteiger partial charge in [-0.2, -0.15) is 13.2 Å². The first-order valence-corrected chi connectivity index (χ1v) is 5.78. The molecular weight excluding hydrogens is 237 g/mol. The number of benzene rings is 1. The van der Waals surface area contributed by atoms with Crippen LogP contribution in [-0.4, -0.2) is 17.9 Å². The van der Waals surface area contributed by atoms with Gasteiger partial charge in [0.05, 0.1) is 6.61 Å². The molecule has 1 aromatic rings. The third-order valence-electron chi connectivity index (χ3n) is 2.00. The fourth-order valence-corrected chi connectivity index (χ4v) is 1.73. The summed E-state index contributed by atoms with van der Waals surface area (Å²) in [5.41, 5.74) is -2.29. The fourth-order valence-electron chi connectivity index (χ4n) is 1.33. The van der Waals surface area contributed by atoms with E-state index in [-0.39, 0.29) is 24.1 Å². The van der Waals surface area contributed by atoms with Crippen molar-refractivity contribution >= 4 is 11.8 Å². The van der Waals surface area contributed by atoms with E-state index in [9.17, 15) is 13.2 Å². The van der Waals surface area contributed by atoms with E-state index in [1.165, 1.54) is 0 Å². The van der Waals surface area contributed by atoms with Crippen molar-refractivity contribution in [3.63, 3.8) is 0 Å². The van der Waals surface area contributed by atoms with Crippen molar-refractivity contribution < 1.29 is 17.9 Å². The molecule has 0 aliphatic carbocycles. The van der Waals surface area contributed by atoms with Crippen molar-refractivity contribution in [2.45, 2.75) is 19.4 Å². The summed E-state index contributed by atoms with van der Waals surface area (Å²) < 4.78 is 40.9. The predicted molar refractivity (Wildman–Crippen MR) is 59.9 cm³/mol. The molecule has 90 valence electrons. The van der Waals surface area contributed by atoms with E-state index in [4.69, 9.17) is 4.74 Å². The number of thioether (sulfide) groups is 1.